The molecule has 0 spiro atoms. The van der Waals surface area contributed by atoms with Gasteiger partial charge in [0.05, 0.1) is 17.3 Å². The average Bonchev–Trinajstić information content (AvgIpc) is 2.53. The van der Waals surface area contributed by atoms with E-state index in [9.17, 15) is 9.59 Å². The molecule has 3 N–H and O–H groups in total. The van der Waals surface area contributed by atoms with Gasteiger partial charge in [0.25, 0.3) is 5.91 Å². The molecular formula is C19H22ClN3O2. The fourth-order valence-electron chi connectivity index (χ4n) is 2.14. The standard InChI is InChI=1S/C19H22ClN3O2/c1-19(2,3)23-18(25)13-7-6-8-14(11-13)22-17(24)12-21-16-10-5-4-9-15(16)20/h4-11,21H,12H2,1-3H3,(H,22,24)(H,23,25). The molecule has 6 heteroatoms. The quantitative estimate of drug-likeness (QED) is 0.757. The van der Waals surface area contributed by atoms with Gasteiger partial charge in [0.15, 0.2) is 0 Å². The van der Waals surface area contributed by atoms with E-state index in [1.807, 2.05) is 32.9 Å². The van der Waals surface area contributed by atoms with Crippen LogP contribution in [0.4, 0.5) is 11.4 Å². The van der Waals surface area contributed by atoms with Crippen molar-refractivity contribution in [1.82, 2.24) is 5.32 Å². The Bertz CT molecular complexity index is 769. The van der Waals surface area contributed by atoms with Gasteiger partial charge in [0.2, 0.25) is 5.91 Å². The Labute approximate surface area is 152 Å². The number of anilines is 2. The molecule has 0 saturated carbocycles. The molecule has 0 aliphatic carbocycles. The van der Waals surface area contributed by atoms with Gasteiger partial charge in [-0.15, -0.1) is 0 Å². The Kier molecular flexibility index (Phi) is 6.04. The third-order valence-electron chi connectivity index (χ3n) is 3.21. The highest BCUT2D eigenvalue weighted by molar-refractivity contribution is 6.33. The van der Waals surface area contributed by atoms with Crippen LogP contribution < -0.4 is 16.0 Å². The molecule has 5 nitrogen and oxygen atoms in total. The summed E-state index contributed by atoms with van der Waals surface area (Å²) in [5.41, 5.74) is 1.42. The lowest BCUT2D eigenvalue weighted by Crippen LogP contribution is -2.40. The SMILES string of the molecule is CC(C)(C)NC(=O)c1cccc(NC(=O)CNc2ccccc2Cl)c1. The molecule has 0 radical (unpaired) electrons. The van der Waals surface area contributed by atoms with Crippen molar-refractivity contribution in [3.8, 4) is 0 Å². The smallest absolute Gasteiger partial charge is 0.251 e. The lowest BCUT2D eigenvalue weighted by atomic mass is 10.1. The number of hydrogen-bond donors (Lipinski definition) is 3. The summed E-state index contributed by atoms with van der Waals surface area (Å²) in [6.07, 6.45) is 0. The van der Waals surface area contributed by atoms with Crippen LogP contribution in [-0.2, 0) is 4.79 Å². The number of halogens is 1. The van der Waals surface area contributed by atoms with E-state index in [0.717, 1.165) is 0 Å². The molecule has 0 aromatic heterocycles. The fraction of sp³-hybridized carbons (Fsp3) is 0.263. The molecule has 0 heterocycles. The molecule has 2 aromatic rings. The first kappa shape index (κ1) is 18.8. The number of rotatable bonds is 5. The molecule has 0 unspecified atom stereocenters. The number of amides is 2. The fourth-order valence-corrected chi connectivity index (χ4v) is 2.34. The number of carbonyl (C=O) groups is 2. The highest BCUT2D eigenvalue weighted by atomic mass is 35.5. The molecule has 0 atom stereocenters. The van der Waals surface area contributed by atoms with E-state index in [1.165, 1.54) is 0 Å². The van der Waals surface area contributed by atoms with Gasteiger partial charge >= 0.3 is 0 Å². The van der Waals surface area contributed by atoms with Crippen molar-refractivity contribution in [2.24, 2.45) is 0 Å². The van der Waals surface area contributed by atoms with Crippen LogP contribution in [0.1, 0.15) is 31.1 Å². The van der Waals surface area contributed by atoms with Crippen LogP contribution in [0, 0.1) is 0 Å². The summed E-state index contributed by atoms with van der Waals surface area (Å²) in [4.78, 5) is 24.3. The summed E-state index contributed by atoms with van der Waals surface area (Å²) in [5, 5.41) is 9.19. The molecule has 0 aliphatic heterocycles. The van der Waals surface area contributed by atoms with Crippen molar-refractivity contribution in [2.75, 3.05) is 17.2 Å². The van der Waals surface area contributed by atoms with Crippen LogP contribution >= 0.6 is 11.6 Å². The third kappa shape index (κ3) is 6.12. The van der Waals surface area contributed by atoms with Crippen molar-refractivity contribution in [3.63, 3.8) is 0 Å². The summed E-state index contributed by atoms with van der Waals surface area (Å²) in [6.45, 7) is 5.81. The third-order valence-corrected chi connectivity index (χ3v) is 3.54. The number of hydrogen-bond acceptors (Lipinski definition) is 3. The van der Waals surface area contributed by atoms with E-state index in [0.29, 0.717) is 22.0 Å². The number of benzene rings is 2. The lowest BCUT2D eigenvalue weighted by molar-refractivity contribution is -0.114. The van der Waals surface area contributed by atoms with Crippen LogP contribution in [-0.4, -0.2) is 23.9 Å². The summed E-state index contributed by atoms with van der Waals surface area (Å²) in [5.74, 6) is -0.411. The summed E-state index contributed by atoms with van der Waals surface area (Å²) in [7, 11) is 0. The summed E-state index contributed by atoms with van der Waals surface area (Å²) < 4.78 is 0. The lowest BCUT2D eigenvalue weighted by Gasteiger charge is -2.20. The maximum absolute atomic E-state index is 12.2. The van der Waals surface area contributed by atoms with Crippen LogP contribution in [0.2, 0.25) is 5.02 Å². The molecule has 25 heavy (non-hydrogen) atoms. The van der Waals surface area contributed by atoms with Crippen LogP contribution in [0.3, 0.4) is 0 Å². The van der Waals surface area contributed by atoms with Crippen molar-refractivity contribution < 1.29 is 9.59 Å². The first-order valence-corrected chi connectivity index (χ1v) is 8.33. The first-order valence-electron chi connectivity index (χ1n) is 7.95. The minimum atomic E-state index is -0.324. The summed E-state index contributed by atoms with van der Waals surface area (Å²) >= 11 is 6.04. The maximum Gasteiger partial charge on any atom is 0.251 e. The molecule has 0 aliphatic rings. The molecule has 0 fully saturated rings. The first-order chi connectivity index (χ1) is 11.7. The molecule has 2 aromatic carbocycles. The zero-order valence-corrected chi connectivity index (χ0v) is 15.3. The zero-order chi connectivity index (χ0) is 18.4. The van der Waals surface area contributed by atoms with E-state index in [4.69, 9.17) is 11.6 Å². The maximum atomic E-state index is 12.2. The van der Waals surface area contributed by atoms with E-state index < -0.39 is 0 Å². The Hall–Kier alpha value is -2.53. The van der Waals surface area contributed by atoms with Crippen LogP contribution in [0.25, 0.3) is 0 Å². The largest absolute Gasteiger partial charge is 0.375 e. The van der Waals surface area contributed by atoms with Crippen LogP contribution in [0.15, 0.2) is 48.5 Å². The van der Waals surface area contributed by atoms with E-state index >= 15 is 0 Å². The highest BCUT2D eigenvalue weighted by Crippen LogP contribution is 2.20. The second kappa shape index (κ2) is 8.03. The van der Waals surface area contributed by atoms with E-state index in [-0.39, 0.29) is 23.9 Å². The van der Waals surface area contributed by atoms with Gasteiger partial charge in [-0.05, 0) is 51.1 Å². The van der Waals surface area contributed by atoms with Gasteiger partial charge in [0, 0.05) is 16.8 Å². The van der Waals surface area contributed by atoms with Gasteiger partial charge in [-0.1, -0.05) is 29.8 Å². The monoisotopic (exact) mass is 359 g/mol. The highest BCUT2D eigenvalue weighted by Gasteiger charge is 2.15. The predicted molar refractivity (Wildman–Crippen MR) is 102 cm³/mol. The topological polar surface area (TPSA) is 70.2 Å². The molecule has 0 saturated heterocycles. The number of para-hydroxylation sites is 1. The van der Waals surface area contributed by atoms with Crippen LogP contribution in [0.5, 0.6) is 0 Å². The Morgan fingerprint density at radius 1 is 1.04 bits per heavy atom. The van der Waals surface area contributed by atoms with Crippen molar-refractivity contribution >= 4 is 34.8 Å². The Morgan fingerprint density at radius 2 is 1.76 bits per heavy atom. The van der Waals surface area contributed by atoms with Gasteiger partial charge in [0.1, 0.15) is 0 Å². The van der Waals surface area contributed by atoms with Gasteiger partial charge < -0.3 is 16.0 Å². The number of carbonyl (C=O) groups excluding carboxylic acids is 2. The van der Waals surface area contributed by atoms with E-state index in [2.05, 4.69) is 16.0 Å². The molecule has 2 amide bonds. The molecule has 2 rings (SSSR count). The van der Waals surface area contributed by atoms with Gasteiger partial charge in [-0.3, -0.25) is 9.59 Å². The number of nitrogens with one attached hydrogen (secondary N) is 3. The van der Waals surface area contributed by atoms with Crippen molar-refractivity contribution in [3.05, 3.63) is 59.1 Å². The normalized spacial score (nSPS) is 10.9. The van der Waals surface area contributed by atoms with E-state index in [1.54, 1.807) is 36.4 Å². The van der Waals surface area contributed by atoms with Gasteiger partial charge in [-0.25, -0.2) is 0 Å². The van der Waals surface area contributed by atoms with Crippen molar-refractivity contribution in [2.45, 2.75) is 26.3 Å². The predicted octanol–water partition coefficient (Wildman–Crippen LogP) is 3.92. The second-order valence-corrected chi connectivity index (χ2v) is 7.07. The Morgan fingerprint density at radius 3 is 2.44 bits per heavy atom. The summed E-state index contributed by atoms with van der Waals surface area (Å²) in [6, 6.07) is 14.0. The minimum Gasteiger partial charge on any atom is -0.375 e. The minimum absolute atomic E-state index is 0.0716. The van der Waals surface area contributed by atoms with Crippen molar-refractivity contribution in [1.29, 1.82) is 0 Å². The molecular weight excluding hydrogens is 338 g/mol. The molecule has 132 valence electrons. The molecule has 0 bridgehead atoms. The van der Waals surface area contributed by atoms with Gasteiger partial charge in [-0.2, -0.15) is 0 Å². The Balaban J connectivity index is 1.96. The second-order valence-electron chi connectivity index (χ2n) is 6.67. The zero-order valence-electron chi connectivity index (χ0n) is 14.5. The average molecular weight is 360 g/mol.